The number of rotatable bonds is 7. The normalized spacial score (nSPS) is 12.8. The van der Waals surface area contributed by atoms with Crippen LogP contribution in [0.1, 0.15) is 11.8 Å². The molecule has 0 aliphatic carbocycles. The molecular weight excluding hydrogens is 298 g/mol. The van der Waals surface area contributed by atoms with E-state index in [9.17, 15) is 16.8 Å². The third-order valence-electron chi connectivity index (χ3n) is 1.92. The van der Waals surface area contributed by atoms with Gasteiger partial charge in [-0.05, 0) is 18.6 Å². The zero-order chi connectivity index (χ0) is 13.8. The molecule has 104 valence electrons. The van der Waals surface area contributed by atoms with Crippen LogP contribution in [0.2, 0.25) is 0 Å². The maximum absolute atomic E-state index is 11.3. The van der Waals surface area contributed by atoms with Gasteiger partial charge in [-0.3, -0.25) is 0 Å². The van der Waals surface area contributed by atoms with E-state index in [0.29, 0.717) is 13.0 Å². The number of sulfonamides is 1. The molecule has 0 bridgehead atoms. The Bertz CT molecular complexity index is 591. The Kier molecular flexibility index (Phi) is 5.25. The van der Waals surface area contributed by atoms with E-state index in [-0.39, 0.29) is 10.8 Å². The maximum Gasteiger partial charge on any atom is 0.276 e. The monoisotopic (exact) mass is 313 g/mol. The van der Waals surface area contributed by atoms with E-state index in [1.54, 1.807) is 13.0 Å². The molecule has 0 fully saturated rings. The van der Waals surface area contributed by atoms with Gasteiger partial charge in [0.25, 0.3) is 10.2 Å². The van der Waals surface area contributed by atoms with Crippen LogP contribution in [0.4, 0.5) is 0 Å². The quantitative estimate of drug-likeness (QED) is 0.621. The average Bonchev–Trinajstić information content (AvgIpc) is 2.65. The highest BCUT2D eigenvalue weighted by molar-refractivity contribution is 7.91. The van der Waals surface area contributed by atoms with E-state index < -0.39 is 20.2 Å². The largest absolute Gasteiger partial charge is 0.276 e. The van der Waals surface area contributed by atoms with Crippen LogP contribution < -0.4 is 14.6 Å². The number of hydrogen-bond donors (Lipinski definition) is 3. The molecule has 4 N–H and O–H groups in total. The molecule has 10 heteroatoms. The van der Waals surface area contributed by atoms with E-state index in [2.05, 4.69) is 9.44 Å². The van der Waals surface area contributed by atoms with Gasteiger partial charge in [0.15, 0.2) is 0 Å². The molecule has 7 nitrogen and oxygen atoms in total. The Morgan fingerprint density at radius 1 is 1.22 bits per heavy atom. The number of nitrogens with one attached hydrogen (secondary N) is 2. The molecule has 1 aromatic rings. The third-order valence-corrected chi connectivity index (χ3v) is 5.75. The summed E-state index contributed by atoms with van der Waals surface area (Å²) in [5.74, 6) is 0. The molecule has 0 amide bonds. The minimum atomic E-state index is -3.68. The smallest absolute Gasteiger partial charge is 0.224 e. The average molecular weight is 313 g/mol. The molecule has 0 saturated carbocycles. The van der Waals surface area contributed by atoms with Crippen molar-refractivity contribution in [2.75, 3.05) is 13.1 Å². The van der Waals surface area contributed by atoms with Gasteiger partial charge in [-0.25, -0.2) is 23.0 Å². The van der Waals surface area contributed by atoms with Crippen molar-refractivity contribution in [3.05, 3.63) is 17.0 Å². The van der Waals surface area contributed by atoms with Crippen LogP contribution in [-0.2, 0) is 26.7 Å². The second-order valence-electron chi connectivity index (χ2n) is 3.41. The zero-order valence-electron chi connectivity index (χ0n) is 9.71. The van der Waals surface area contributed by atoms with Crippen molar-refractivity contribution in [1.82, 2.24) is 9.44 Å². The van der Waals surface area contributed by atoms with Crippen LogP contribution in [0, 0.1) is 0 Å². The van der Waals surface area contributed by atoms with Gasteiger partial charge in [0.1, 0.15) is 4.21 Å². The SMILES string of the molecule is CCNS(=O)(=O)NCCc1ccc(S(N)(=O)=O)s1. The fourth-order valence-corrected chi connectivity index (χ4v) is 3.83. The van der Waals surface area contributed by atoms with Crippen molar-refractivity contribution >= 4 is 31.6 Å². The molecule has 0 aromatic carbocycles. The predicted molar refractivity (Wildman–Crippen MR) is 70.0 cm³/mol. The van der Waals surface area contributed by atoms with Gasteiger partial charge in [-0.15, -0.1) is 11.3 Å². The number of nitrogens with two attached hydrogens (primary N) is 1. The van der Waals surface area contributed by atoms with Crippen molar-refractivity contribution in [3.8, 4) is 0 Å². The summed E-state index contributed by atoms with van der Waals surface area (Å²) in [6.45, 7) is 2.18. The van der Waals surface area contributed by atoms with Crippen LogP contribution in [-0.4, -0.2) is 29.9 Å². The van der Waals surface area contributed by atoms with Gasteiger partial charge in [-0.2, -0.15) is 8.42 Å². The van der Waals surface area contributed by atoms with Crippen molar-refractivity contribution in [3.63, 3.8) is 0 Å². The van der Waals surface area contributed by atoms with Gasteiger partial charge >= 0.3 is 0 Å². The van der Waals surface area contributed by atoms with Crippen molar-refractivity contribution in [2.45, 2.75) is 17.6 Å². The first-order chi connectivity index (χ1) is 8.24. The second-order valence-corrected chi connectivity index (χ2v) is 7.95. The summed E-state index contributed by atoms with van der Waals surface area (Å²) in [5, 5.41) is 4.97. The van der Waals surface area contributed by atoms with Gasteiger partial charge in [-0.1, -0.05) is 6.92 Å². The second kappa shape index (κ2) is 6.08. The first kappa shape index (κ1) is 15.5. The van der Waals surface area contributed by atoms with Crippen LogP contribution in [0.5, 0.6) is 0 Å². The van der Waals surface area contributed by atoms with E-state index in [1.807, 2.05) is 0 Å². The lowest BCUT2D eigenvalue weighted by molar-refractivity contribution is 0.569. The van der Waals surface area contributed by atoms with Gasteiger partial charge < -0.3 is 0 Å². The van der Waals surface area contributed by atoms with Gasteiger partial charge in [0.2, 0.25) is 10.0 Å². The highest BCUT2D eigenvalue weighted by Crippen LogP contribution is 2.20. The Labute approximate surface area is 111 Å². The topological polar surface area (TPSA) is 118 Å². The maximum atomic E-state index is 11.3. The Morgan fingerprint density at radius 3 is 2.39 bits per heavy atom. The summed E-state index contributed by atoms with van der Waals surface area (Å²) in [6.07, 6.45) is 0.408. The standard InChI is InChI=1S/C8H15N3O4S3/c1-2-10-18(14,15)11-6-5-7-3-4-8(16-7)17(9,12)13/h3-4,10-11H,2,5-6H2,1H3,(H2,9,12,13). The van der Waals surface area contributed by atoms with Crippen LogP contribution in [0.3, 0.4) is 0 Å². The molecule has 1 heterocycles. The molecule has 0 aliphatic heterocycles. The van der Waals surface area contributed by atoms with Crippen LogP contribution in [0.15, 0.2) is 16.3 Å². The lowest BCUT2D eigenvalue weighted by Crippen LogP contribution is -2.37. The Balaban J connectivity index is 2.53. The Morgan fingerprint density at radius 2 is 1.89 bits per heavy atom. The summed E-state index contributed by atoms with van der Waals surface area (Å²) in [7, 11) is -7.14. The fraction of sp³-hybridized carbons (Fsp3) is 0.500. The Hall–Kier alpha value is -0.520. The van der Waals surface area contributed by atoms with Crippen LogP contribution >= 0.6 is 11.3 Å². The molecule has 18 heavy (non-hydrogen) atoms. The minimum absolute atomic E-state index is 0.0760. The molecule has 1 rings (SSSR count). The fourth-order valence-electron chi connectivity index (χ4n) is 1.20. The van der Waals surface area contributed by atoms with Crippen molar-refractivity contribution < 1.29 is 16.8 Å². The number of hydrogen-bond acceptors (Lipinski definition) is 5. The van der Waals surface area contributed by atoms with E-state index >= 15 is 0 Å². The van der Waals surface area contributed by atoms with Crippen molar-refractivity contribution in [1.29, 1.82) is 0 Å². The summed E-state index contributed by atoms with van der Waals surface area (Å²) >= 11 is 1.04. The van der Waals surface area contributed by atoms with Gasteiger partial charge in [0.05, 0.1) is 0 Å². The highest BCUT2D eigenvalue weighted by atomic mass is 32.2. The van der Waals surface area contributed by atoms with Crippen LogP contribution in [0.25, 0.3) is 0 Å². The highest BCUT2D eigenvalue weighted by Gasteiger charge is 2.12. The summed E-state index contributed by atoms with van der Waals surface area (Å²) < 4.78 is 49.3. The van der Waals surface area contributed by atoms with Crippen molar-refractivity contribution in [2.24, 2.45) is 5.14 Å². The summed E-state index contributed by atoms with van der Waals surface area (Å²) in [6, 6.07) is 3.03. The van der Waals surface area contributed by atoms with E-state index in [1.165, 1.54) is 6.07 Å². The summed E-state index contributed by atoms with van der Waals surface area (Å²) in [5.41, 5.74) is 0. The minimum Gasteiger partial charge on any atom is -0.224 e. The molecule has 0 spiro atoms. The summed E-state index contributed by atoms with van der Waals surface area (Å²) in [4.78, 5) is 0.748. The molecule has 0 unspecified atom stereocenters. The first-order valence-electron chi connectivity index (χ1n) is 5.10. The molecule has 0 atom stereocenters. The zero-order valence-corrected chi connectivity index (χ0v) is 12.2. The molecule has 0 radical (unpaired) electrons. The molecule has 0 saturated heterocycles. The lowest BCUT2D eigenvalue weighted by Gasteiger charge is -2.05. The van der Waals surface area contributed by atoms with Gasteiger partial charge in [0, 0.05) is 18.0 Å². The van der Waals surface area contributed by atoms with E-state index in [4.69, 9.17) is 5.14 Å². The molecular formula is C8H15N3O4S3. The third kappa shape index (κ3) is 5.00. The number of primary sulfonamides is 1. The predicted octanol–water partition coefficient (Wildman–Crippen LogP) is -0.618. The lowest BCUT2D eigenvalue weighted by atomic mass is 10.3. The molecule has 1 aromatic heterocycles. The molecule has 0 aliphatic rings. The number of thiophene rings is 1. The first-order valence-corrected chi connectivity index (χ1v) is 8.95. The van der Waals surface area contributed by atoms with E-state index in [0.717, 1.165) is 16.2 Å².